The molecule has 0 radical (unpaired) electrons. The van der Waals surface area contributed by atoms with Crippen LogP contribution >= 0.6 is 11.3 Å². The third-order valence-corrected chi connectivity index (χ3v) is 2.24. The van der Waals surface area contributed by atoms with Crippen molar-refractivity contribution >= 4 is 11.3 Å². The van der Waals surface area contributed by atoms with E-state index < -0.39 is 0 Å². The Labute approximate surface area is 66.1 Å². The van der Waals surface area contributed by atoms with Crippen LogP contribution in [0, 0.1) is 12.8 Å². The van der Waals surface area contributed by atoms with E-state index in [0.717, 1.165) is 18.0 Å². The third kappa shape index (κ3) is 2.10. The molecule has 0 unspecified atom stereocenters. The first-order chi connectivity index (χ1) is 4.68. The van der Waals surface area contributed by atoms with E-state index in [4.69, 9.17) is 0 Å². The van der Waals surface area contributed by atoms with E-state index in [1.807, 2.05) is 6.92 Å². The van der Waals surface area contributed by atoms with Crippen LogP contribution in [-0.4, -0.2) is 4.98 Å². The molecule has 1 rings (SSSR count). The summed E-state index contributed by atoms with van der Waals surface area (Å²) in [7, 11) is 0. The zero-order valence-corrected chi connectivity index (χ0v) is 7.53. The van der Waals surface area contributed by atoms with Crippen molar-refractivity contribution in [3.05, 3.63) is 16.1 Å². The first-order valence-corrected chi connectivity index (χ1v) is 4.47. The highest BCUT2D eigenvalue weighted by Crippen LogP contribution is 2.12. The average Bonchev–Trinajstić information content (AvgIpc) is 2.13. The normalized spacial score (nSPS) is 10.8. The number of thiazole rings is 1. The molecule has 0 bridgehead atoms. The summed E-state index contributed by atoms with van der Waals surface area (Å²) in [5, 5.41) is 3.38. The molecule has 0 N–H and O–H groups in total. The first-order valence-electron chi connectivity index (χ1n) is 3.59. The van der Waals surface area contributed by atoms with Crippen molar-refractivity contribution in [1.82, 2.24) is 4.98 Å². The second-order valence-electron chi connectivity index (χ2n) is 2.98. The molecule has 1 aromatic rings. The molecule has 0 saturated heterocycles. The lowest BCUT2D eigenvalue weighted by Gasteiger charge is -1.97. The van der Waals surface area contributed by atoms with Crippen LogP contribution in [0.1, 0.15) is 24.5 Å². The van der Waals surface area contributed by atoms with E-state index >= 15 is 0 Å². The second kappa shape index (κ2) is 3.15. The number of hydrogen-bond donors (Lipinski definition) is 0. The van der Waals surface area contributed by atoms with Crippen molar-refractivity contribution in [2.75, 3.05) is 0 Å². The molecule has 2 heteroatoms. The van der Waals surface area contributed by atoms with Gasteiger partial charge in [0.05, 0.1) is 5.01 Å². The number of aromatic nitrogens is 1. The van der Waals surface area contributed by atoms with E-state index in [1.54, 1.807) is 11.3 Å². The molecule has 0 fully saturated rings. The lowest BCUT2D eigenvalue weighted by molar-refractivity contribution is 0.643. The number of rotatable bonds is 2. The van der Waals surface area contributed by atoms with Crippen LogP contribution in [0.2, 0.25) is 0 Å². The molecular formula is C8H13NS. The quantitative estimate of drug-likeness (QED) is 0.640. The highest BCUT2D eigenvalue weighted by Gasteiger charge is 2.00. The Bertz CT molecular complexity index is 203. The van der Waals surface area contributed by atoms with Crippen LogP contribution in [0.3, 0.4) is 0 Å². The van der Waals surface area contributed by atoms with Gasteiger partial charge in [-0.2, -0.15) is 0 Å². The molecule has 10 heavy (non-hydrogen) atoms. The van der Waals surface area contributed by atoms with Gasteiger partial charge in [-0.15, -0.1) is 11.3 Å². The third-order valence-electron chi connectivity index (χ3n) is 1.25. The molecule has 0 spiro atoms. The van der Waals surface area contributed by atoms with Gasteiger partial charge in [0.15, 0.2) is 0 Å². The lowest BCUT2D eigenvalue weighted by atomic mass is 10.1. The maximum Gasteiger partial charge on any atom is 0.0930 e. The highest BCUT2D eigenvalue weighted by molar-refractivity contribution is 7.09. The summed E-state index contributed by atoms with van der Waals surface area (Å²) < 4.78 is 0. The van der Waals surface area contributed by atoms with E-state index in [0.29, 0.717) is 0 Å². The highest BCUT2D eigenvalue weighted by atomic mass is 32.1. The second-order valence-corrected chi connectivity index (χ2v) is 3.92. The van der Waals surface area contributed by atoms with Gasteiger partial charge in [0.1, 0.15) is 0 Å². The Morgan fingerprint density at radius 1 is 1.60 bits per heavy atom. The van der Waals surface area contributed by atoms with Crippen molar-refractivity contribution in [1.29, 1.82) is 0 Å². The Kier molecular flexibility index (Phi) is 2.44. The Morgan fingerprint density at radius 2 is 2.30 bits per heavy atom. The van der Waals surface area contributed by atoms with Crippen molar-refractivity contribution in [3.63, 3.8) is 0 Å². The Balaban J connectivity index is 2.58. The van der Waals surface area contributed by atoms with E-state index in [9.17, 15) is 0 Å². The molecule has 0 aliphatic rings. The predicted octanol–water partition coefficient (Wildman–Crippen LogP) is 2.65. The van der Waals surface area contributed by atoms with Gasteiger partial charge in [0, 0.05) is 17.5 Å². The molecule has 0 atom stereocenters. The molecule has 56 valence electrons. The minimum atomic E-state index is 0.727. The zero-order valence-electron chi connectivity index (χ0n) is 6.72. The average molecular weight is 155 g/mol. The monoisotopic (exact) mass is 155 g/mol. The zero-order chi connectivity index (χ0) is 7.56. The van der Waals surface area contributed by atoms with Gasteiger partial charge in [0.2, 0.25) is 0 Å². The summed E-state index contributed by atoms with van der Waals surface area (Å²) >= 11 is 1.77. The maximum atomic E-state index is 4.37. The fraction of sp³-hybridized carbons (Fsp3) is 0.625. The molecule has 0 aromatic carbocycles. The van der Waals surface area contributed by atoms with Crippen LogP contribution in [0.5, 0.6) is 0 Å². The predicted molar refractivity (Wildman–Crippen MR) is 45.4 cm³/mol. The SMILES string of the molecule is Cc1csc(CC(C)C)n1. The summed E-state index contributed by atoms with van der Waals surface area (Å²) in [5.41, 5.74) is 1.15. The van der Waals surface area contributed by atoms with Gasteiger partial charge < -0.3 is 0 Å². The van der Waals surface area contributed by atoms with Crippen LogP contribution in [0.4, 0.5) is 0 Å². The minimum absolute atomic E-state index is 0.727. The Hall–Kier alpha value is -0.370. The molecule has 1 aromatic heterocycles. The summed E-state index contributed by atoms with van der Waals surface area (Å²) in [6, 6.07) is 0. The summed E-state index contributed by atoms with van der Waals surface area (Å²) in [5.74, 6) is 0.727. The van der Waals surface area contributed by atoms with Crippen LogP contribution in [-0.2, 0) is 6.42 Å². The molecule has 0 saturated carbocycles. The minimum Gasteiger partial charge on any atom is -0.247 e. The van der Waals surface area contributed by atoms with Crippen LogP contribution in [0.25, 0.3) is 0 Å². The van der Waals surface area contributed by atoms with Gasteiger partial charge in [-0.1, -0.05) is 13.8 Å². The van der Waals surface area contributed by atoms with Gasteiger partial charge >= 0.3 is 0 Å². The van der Waals surface area contributed by atoms with Crippen molar-refractivity contribution < 1.29 is 0 Å². The van der Waals surface area contributed by atoms with E-state index in [-0.39, 0.29) is 0 Å². The first kappa shape index (κ1) is 7.73. The van der Waals surface area contributed by atoms with Gasteiger partial charge in [-0.05, 0) is 12.8 Å². The number of aryl methyl sites for hydroxylation is 1. The van der Waals surface area contributed by atoms with Crippen molar-refractivity contribution in [3.8, 4) is 0 Å². The fourth-order valence-electron chi connectivity index (χ4n) is 0.846. The van der Waals surface area contributed by atoms with Crippen molar-refractivity contribution in [2.45, 2.75) is 27.2 Å². The molecule has 0 aliphatic carbocycles. The smallest absolute Gasteiger partial charge is 0.0930 e. The van der Waals surface area contributed by atoms with Gasteiger partial charge in [-0.3, -0.25) is 0 Å². The molecule has 0 amide bonds. The summed E-state index contributed by atoms with van der Waals surface area (Å²) in [6.07, 6.45) is 1.12. The summed E-state index contributed by atoms with van der Waals surface area (Å²) in [6.45, 7) is 6.48. The molecule has 1 nitrogen and oxygen atoms in total. The summed E-state index contributed by atoms with van der Waals surface area (Å²) in [4.78, 5) is 4.37. The molecule has 1 heterocycles. The topological polar surface area (TPSA) is 12.9 Å². The standard InChI is InChI=1S/C8H13NS/c1-6(2)4-8-9-7(3)5-10-8/h5-6H,4H2,1-3H3. The Morgan fingerprint density at radius 3 is 2.70 bits per heavy atom. The van der Waals surface area contributed by atoms with Crippen LogP contribution in [0.15, 0.2) is 5.38 Å². The van der Waals surface area contributed by atoms with Crippen molar-refractivity contribution in [2.24, 2.45) is 5.92 Å². The van der Waals surface area contributed by atoms with Gasteiger partial charge in [-0.25, -0.2) is 4.98 Å². The molecular weight excluding hydrogens is 142 g/mol. The van der Waals surface area contributed by atoms with E-state index in [1.165, 1.54) is 5.01 Å². The largest absolute Gasteiger partial charge is 0.247 e. The maximum absolute atomic E-state index is 4.37. The van der Waals surface area contributed by atoms with E-state index in [2.05, 4.69) is 24.2 Å². The number of hydrogen-bond acceptors (Lipinski definition) is 2. The molecule has 0 aliphatic heterocycles. The van der Waals surface area contributed by atoms with Crippen LogP contribution < -0.4 is 0 Å². The van der Waals surface area contributed by atoms with Gasteiger partial charge in [0.25, 0.3) is 0 Å². The number of nitrogens with zero attached hydrogens (tertiary/aromatic N) is 1. The lowest BCUT2D eigenvalue weighted by Crippen LogP contribution is -1.92. The fourth-order valence-corrected chi connectivity index (χ4v) is 1.83.